The van der Waals surface area contributed by atoms with Gasteiger partial charge in [0.25, 0.3) is 5.56 Å². The van der Waals surface area contributed by atoms with Crippen molar-refractivity contribution in [2.75, 3.05) is 16.8 Å². The maximum Gasteiger partial charge on any atom is 0.258 e. The number of hydrogen-bond acceptors (Lipinski definition) is 6. The van der Waals surface area contributed by atoms with Gasteiger partial charge in [-0.05, 0) is 5.56 Å². The fourth-order valence-electron chi connectivity index (χ4n) is 2.94. The van der Waals surface area contributed by atoms with E-state index < -0.39 is 5.92 Å². The minimum Gasteiger partial charge on any atom is -0.369 e. The highest BCUT2D eigenvalue weighted by Gasteiger charge is 2.39. The fourth-order valence-corrected chi connectivity index (χ4v) is 3.84. The van der Waals surface area contributed by atoms with E-state index in [9.17, 15) is 9.59 Å². The zero-order valence-corrected chi connectivity index (χ0v) is 12.2. The standard InChI is InChI=1S/C15H12N4O2S/c16-15-18-12-11(13(20)19-15)9(7-4-2-1-3-5-7)10-8(17-12)6-22-14(10)21/h1-5,9H,6H2,(H4,16,17,18,19,20). The van der Waals surface area contributed by atoms with Gasteiger partial charge in [-0.2, -0.15) is 4.98 Å². The second kappa shape index (κ2) is 4.74. The molecule has 0 spiro atoms. The molecule has 1 aromatic carbocycles. The molecule has 4 rings (SSSR count). The SMILES string of the molecule is Nc1nc2c(c(=O)[nH]1)C(c1ccccc1)C1=C(CSC1=O)N2. The van der Waals surface area contributed by atoms with Gasteiger partial charge in [0.1, 0.15) is 5.82 Å². The van der Waals surface area contributed by atoms with Crippen LogP contribution in [0.15, 0.2) is 46.4 Å². The molecule has 1 unspecified atom stereocenters. The van der Waals surface area contributed by atoms with E-state index in [1.807, 2.05) is 30.3 Å². The molecule has 7 heteroatoms. The molecule has 0 radical (unpaired) electrons. The van der Waals surface area contributed by atoms with Gasteiger partial charge < -0.3 is 11.1 Å². The first kappa shape index (κ1) is 13.1. The van der Waals surface area contributed by atoms with Gasteiger partial charge in [-0.3, -0.25) is 14.6 Å². The van der Waals surface area contributed by atoms with Gasteiger partial charge >= 0.3 is 0 Å². The van der Waals surface area contributed by atoms with Gasteiger partial charge in [-0.25, -0.2) is 0 Å². The molecular weight excluding hydrogens is 300 g/mol. The fraction of sp³-hybridized carbons (Fsp3) is 0.133. The smallest absolute Gasteiger partial charge is 0.258 e. The van der Waals surface area contributed by atoms with Crippen molar-refractivity contribution in [2.24, 2.45) is 0 Å². The van der Waals surface area contributed by atoms with Crippen molar-refractivity contribution in [2.45, 2.75) is 5.92 Å². The maximum absolute atomic E-state index is 12.4. The van der Waals surface area contributed by atoms with Crippen molar-refractivity contribution in [3.05, 3.63) is 63.1 Å². The summed E-state index contributed by atoms with van der Waals surface area (Å²) in [5, 5.41) is 3.10. The number of anilines is 2. The van der Waals surface area contributed by atoms with E-state index in [2.05, 4.69) is 15.3 Å². The van der Waals surface area contributed by atoms with Gasteiger partial charge in [-0.1, -0.05) is 42.1 Å². The summed E-state index contributed by atoms with van der Waals surface area (Å²) in [5.74, 6) is 0.644. The number of nitrogens with zero attached hydrogens (tertiary/aromatic N) is 1. The van der Waals surface area contributed by atoms with Crippen LogP contribution in [0, 0.1) is 0 Å². The molecule has 0 fully saturated rings. The van der Waals surface area contributed by atoms with Crippen LogP contribution in [-0.2, 0) is 4.79 Å². The predicted molar refractivity (Wildman–Crippen MR) is 85.7 cm³/mol. The Morgan fingerprint density at radius 2 is 2.00 bits per heavy atom. The zero-order valence-electron chi connectivity index (χ0n) is 11.4. The van der Waals surface area contributed by atoms with Crippen molar-refractivity contribution in [1.82, 2.24) is 9.97 Å². The van der Waals surface area contributed by atoms with Gasteiger partial charge in [0.05, 0.1) is 5.56 Å². The minimum absolute atomic E-state index is 0.00164. The summed E-state index contributed by atoms with van der Waals surface area (Å²) >= 11 is 1.23. The molecule has 2 aliphatic heterocycles. The summed E-state index contributed by atoms with van der Waals surface area (Å²) in [5.41, 5.74) is 8.10. The highest BCUT2D eigenvalue weighted by atomic mass is 32.2. The minimum atomic E-state index is -0.410. The molecule has 0 bridgehead atoms. The predicted octanol–water partition coefficient (Wildman–Crippen LogP) is 1.44. The van der Waals surface area contributed by atoms with E-state index in [0.29, 0.717) is 22.7 Å². The van der Waals surface area contributed by atoms with E-state index in [0.717, 1.165) is 11.3 Å². The van der Waals surface area contributed by atoms with Crippen LogP contribution in [0.4, 0.5) is 11.8 Å². The van der Waals surface area contributed by atoms with Crippen molar-refractivity contribution in [3.63, 3.8) is 0 Å². The molecule has 110 valence electrons. The maximum atomic E-state index is 12.4. The Bertz CT molecular complexity index is 873. The average molecular weight is 312 g/mol. The number of aromatic nitrogens is 2. The number of nitrogens with one attached hydrogen (secondary N) is 2. The molecule has 2 aliphatic rings. The number of rotatable bonds is 1. The number of aromatic amines is 1. The second-order valence-corrected chi connectivity index (χ2v) is 6.10. The van der Waals surface area contributed by atoms with Gasteiger partial charge in [0.15, 0.2) is 0 Å². The Hall–Kier alpha value is -2.54. The number of benzene rings is 1. The number of carbonyl (C=O) groups is 1. The van der Waals surface area contributed by atoms with Crippen LogP contribution in [-0.4, -0.2) is 20.8 Å². The highest BCUT2D eigenvalue weighted by Crippen LogP contribution is 2.44. The molecule has 4 N–H and O–H groups in total. The first-order valence-corrected chi connectivity index (χ1v) is 7.75. The van der Waals surface area contributed by atoms with Crippen LogP contribution in [0.1, 0.15) is 17.0 Å². The summed E-state index contributed by atoms with van der Waals surface area (Å²) < 4.78 is 0. The average Bonchev–Trinajstić information content (AvgIpc) is 2.87. The van der Waals surface area contributed by atoms with E-state index in [4.69, 9.17) is 5.73 Å². The Morgan fingerprint density at radius 1 is 1.23 bits per heavy atom. The molecule has 0 aliphatic carbocycles. The van der Waals surface area contributed by atoms with Crippen LogP contribution in [0.5, 0.6) is 0 Å². The molecule has 0 amide bonds. The van der Waals surface area contributed by atoms with Crippen molar-refractivity contribution in [1.29, 1.82) is 0 Å². The van der Waals surface area contributed by atoms with Crippen molar-refractivity contribution >= 4 is 28.6 Å². The van der Waals surface area contributed by atoms with Gasteiger partial charge in [0, 0.05) is 22.9 Å². The third-order valence-electron chi connectivity index (χ3n) is 3.85. The summed E-state index contributed by atoms with van der Waals surface area (Å²) in [6.07, 6.45) is 0. The normalized spacial score (nSPS) is 19.6. The number of fused-ring (bicyclic) bond motifs is 1. The number of carbonyl (C=O) groups excluding carboxylic acids is 1. The molecule has 6 nitrogen and oxygen atoms in total. The van der Waals surface area contributed by atoms with Gasteiger partial charge in [-0.15, -0.1) is 0 Å². The van der Waals surface area contributed by atoms with Crippen LogP contribution in [0.25, 0.3) is 0 Å². The quantitative estimate of drug-likeness (QED) is 0.736. The van der Waals surface area contributed by atoms with Gasteiger partial charge in [0.2, 0.25) is 11.1 Å². The zero-order chi connectivity index (χ0) is 15.3. The van der Waals surface area contributed by atoms with Crippen LogP contribution in [0.3, 0.4) is 0 Å². The summed E-state index contributed by atoms with van der Waals surface area (Å²) in [6.45, 7) is 0. The van der Waals surface area contributed by atoms with E-state index in [1.54, 1.807) is 0 Å². The largest absolute Gasteiger partial charge is 0.369 e. The molecule has 0 saturated carbocycles. The van der Waals surface area contributed by atoms with Crippen LogP contribution in [0.2, 0.25) is 0 Å². The third kappa shape index (κ3) is 1.86. The summed E-state index contributed by atoms with van der Waals surface area (Å²) in [7, 11) is 0. The lowest BCUT2D eigenvalue weighted by Gasteiger charge is -2.26. The lowest BCUT2D eigenvalue weighted by Crippen LogP contribution is -2.29. The molecular formula is C15H12N4O2S. The number of hydrogen-bond donors (Lipinski definition) is 3. The Balaban J connectivity index is 2.01. The number of nitrogens with two attached hydrogens (primary N) is 1. The number of thioether (sulfide) groups is 1. The Kier molecular flexibility index (Phi) is 2.83. The lowest BCUT2D eigenvalue weighted by atomic mass is 9.83. The Morgan fingerprint density at radius 3 is 2.77 bits per heavy atom. The Labute approximate surface area is 129 Å². The molecule has 22 heavy (non-hydrogen) atoms. The van der Waals surface area contributed by atoms with Crippen LogP contribution < -0.4 is 16.6 Å². The molecule has 1 aromatic heterocycles. The van der Waals surface area contributed by atoms with E-state index in [1.165, 1.54) is 11.8 Å². The first-order chi connectivity index (χ1) is 10.6. The summed E-state index contributed by atoms with van der Waals surface area (Å²) in [4.78, 5) is 31.4. The van der Waals surface area contributed by atoms with E-state index in [-0.39, 0.29) is 16.6 Å². The van der Waals surface area contributed by atoms with E-state index >= 15 is 0 Å². The molecule has 1 atom stereocenters. The second-order valence-electron chi connectivity index (χ2n) is 5.15. The number of nitrogen functional groups attached to an aromatic ring is 1. The molecule has 0 saturated heterocycles. The van der Waals surface area contributed by atoms with Crippen LogP contribution >= 0.6 is 11.8 Å². The number of H-pyrrole nitrogens is 1. The van der Waals surface area contributed by atoms with Crippen molar-refractivity contribution in [3.8, 4) is 0 Å². The molecule has 2 aromatic rings. The molecule has 3 heterocycles. The lowest BCUT2D eigenvalue weighted by molar-refractivity contribution is -0.107. The highest BCUT2D eigenvalue weighted by molar-refractivity contribution is 8.14. The topological polar surface area (TPSA) is 101 Å². The monoisotopic (exact) mass is 312 g/mol. The van der Waals surface area contributed by atoms with Crippen molar-refractivity contribution < 1.29 is 4.79 Å². The first-order valence-electron chi connectivity index (χ1n) is 6.77. The third-order valence-corrected chi connectivity index (χ3v) is 4.76. The summed E-state index contributed by atoms with van der Waals surface area (Å²) in [6, 6.07) is 9.51.